The average molecular weight is 189 g/mol. The zero-order chi connectivity index (χ0) is 10.1. The van der Waals surface area contributed by atoms with E-state index in [0.717, 1.165) is 18.2 Å². The largest absolute Gasteiger partial charge is 0.507 e. The van der Waals surface area contributed by atoms with Gasteiger partial charge in [-0.05, 0) is 18.2 Å². The number of aromatic hydroxyl groups is 1. The molecule has 13 heavy (non-hydrogen) atoms. The first kappa shape index (κ1) is 9.57. The number of hydrogen-bond acceptors (Lipinski definition) is 2. The molecule has 0 bridgehead atoms. The minimum absolute atomic E-state index is 0.144. The molecule has 2 N–H and O–H groups in total. The molecular formula is C8H6F3NO. The van der Waals surface area contributed by atoms with E-state index in [9.17, 15) is 13.2 Å². The molecule has 0 aliphatic heterocycles. The van der Waals surface area contributed by atoms with Gasteiger partial charge in [-0.15, -0.1) is 0 Å². The summed E-state index contributed by atoms with van der Waals surface area (Å²) in [6.07, 6.45) is -3.77. The zero-order valence-corrected chi connectivity index (χ0v) is 6.39. The number of phenols is 1. The smallest absolute Gasteiger partial charge is 0.416 e. The van der Waals surface area contributed by atoms with Crippen molar-refractivity contribution in [2.24, 2.45) is 0 Å². The van der Waals surface area contributed by atoms with Crippen molar-refractivity contribution in [3.63, 3.8) is 0 Å². The summed E-state index contributed by atoms with van der Waals surface area (Å²) in [6, 6.07) is 2.41. The molecule has 1 aromatic carbocycles. The predicted molar refractivity (Wildman–Crippen MR) is 41.0 cm³/mol. The molecule has 0 saturated carbocycles. The van der Waals surface area contributed by atoms with Crippen LogP contribution in [0.3, 0.4) is 0 Å². The van der Waals surface area contributed by atoms with Gasteiger partial charge in [-0.1, -0.05) is 0 Å². The van der Waals surface area contributed by atoms with Gasteiger partial charge in [0, 0.05) is 11.8 Å². The molecular weight excluding hydrogens is 183 g/mol. The number of nitrogens with one attached hydrogen (secondary N) is 1. The van der Waals surface area contributed by atoms with Crippen molar-refractivity contribution in [1.82, 2.24) is 0 Å². The van der Waals surface area contributed by atoms with E-state index in [1.54, 1.807) is 0 Å². The molecule has 0 fully saturated rings. The summed E-state index contributed by atoms with van der Waals surface area (Å²) in [5.74, 6) is -0.331. The van der Waals surface area contributed by atoms with Gasteiger partial charge in [0.1, 0.15) is 5.75 Å². The first-order chi connectivity index (χ1) is 5.95. The Labute approximate surface area is 72.1 Å². The van der Waals surface area contributed by atoms with Crippen LogP contribution in [-0.2, 0) is 6.18 Å². The van der Waals surface area contributed by atoms with Crippen LogP contribution >= 0.6 is 0 Å². The summed E-state index contributed by atoms with van der Waals surface area (Å²) in [5, 5.41) is 15.7. The zero-order valence-electron chi connectivity index (χ0n) is 6.39. The Morgan fingerprint density at radius 2 is 1.92 bits per heavy atom. The van der Waals surface area contributed by atoms with E-state index >= 15 is 0 Å². The second-order valence-corrected chi connectivity index (χ2v) is 2.42. The first-order valence-electron chi connectivity index (χ1n) is 3.36. The number of halogens is 3. The van der Waals surface area contributed by atoms with Gasteiger partial charge in [-0.25, -0.2) is 0 Å². The summed E-state index contributed by atoms with van der Waals surface area (Å²) >= 11 is 0. The van der Waals surface area contributed by atoms with Gasteiger partial charge in [0.05, 0.1) is 5.56 Å². The maximum atomic E-state index is 12.1. The fourth-order valence-electron chi connectivity index (χ4n) is 0.846. The lowest BCUT2D eigenvalue weighted by Crippen LogP contribution is -2.05. The standard InChI is InChI=1S/C8H6F3NO/c9-8(10,11)6-1-2-7(13)5(3-6)4-12/h1-4,12-13H. The van der Waals surface area contributed by atoms with E-state index in [-0.39, 0.29) is 11.3 Å². The fraction of sp³-hybridized carbons (Fsp3) is 0.125. The summed E-state index contributed by atoms with van der Waals surface area (Å²) < 4.78 is 36.2. The Morgan fingerprint density at radius 1 is 1.31 bits per heavy atom. The molecule has 1 aromatic rings. The minimum Gasteiger partial charge on any atom is -0.507 e. The van der Waals surface area contributed by atoms with Crippen molar-refractivity contribution in [2.45, 2.75) is 6.18 Å². The van der Waals surface area contributed by atoms with Crippen molar-refractivity contribution in [3.05, 3.63) is 29.3 Å². The highest BCUT2D eigenvalue weighted by Crippen LogP contribution is 2.31. The summed E-state index contributed by atoms with van der Waals surface area (Å²) in [7, 11) is 0. The molecule has 0 atom stereocenters. The second kappa shape index (κ2) is 3.08. The number of phenolic OH excluding ortho intramolecular Hbond substituents is 1. The topological polar surface area (TPSA) is 44.1 Å². The van der Waals surface area contributed by atoms with Crippen LogP contribution < -0.4 is 0 Å². The highest BCUT2D eigenvalue weighted by molar-refractivity contribution is 5.81. The van der Waals surface area contributed by atoms with Crippen molar-refractivity contribution in [1.29, 1.82) is 5.41 Å². The molecule has 0 saturated heterocycles. The Hall–Kier alpha value is -1.52. The lowest BCUT2D eigenvalue weighted by Gasteiger charge is -2.07. The van der Waals surface area contributed by atoms with Gasteiger partial charge >= 0.3 is 6.18 Å². The second-order valence-electron chi connectivity index (χ2n) is 2.42. The number of alkyl halides is 3. The third-order valence-electron chi connectivity index (χ3n) is 1.51. The minimum atomic E-state index is -4.44. The maximum Gasteiger partial charge on any atom is 0.416 e. The average Bonchev–Trinajstić information content (AvgIpc) is 2.03. The van der Waals surface area contributed by atoms with Gasteiger partial charge in [-0.2, -0.15) is 13.2 Å². The van der Waals surface area contributed by atoms with Crippen LogP contribution in [0.25, 0.3) is 0 Å². The fourth-order valence-corrected chi connectivity index (χ4v) is 0.846. The predicted octanol–water partition coefficient (Wildman–Crippen LogP) is 2.41. The summed E-state index contributed by atoms with van der Waals surface area (Å²) in [5.41, 5.74) is -1.02. The van der Waals surface area contributed by atoms with Gasteiger partial charge in [0.15, 0.2) is 0 Å². The van der Waals surface area contributed by atoms with Crippen LogP contribution in [0.2, 0.25) is 0 Å². The van der Waals surface area contributed by atoms with E-state index in [2.05, 4.69) is 0 Å². The molecule has 0 heterocycles. The van der Waals surface area contributed by atoms with Gasteiger partial charge < -0.3 is 10.5 Å². The Bertz CT molecular complexity index is 333. The van der Waals surface area contributed by atoms with Crippen molar-refractivity contribution in [3.8, 4) is 5.75 Å². The molecule has 0 aromatic heterocycles. The molecule has 1 rings (SSSR count). The van der Waals surface area contributed by atoms with Gasteiger partial charge in [0.25, 0.3) is 0 Å². The SMILES string of the molecule is N=Cc1cc(C(F)(F)F)ccc1O. The van der Waals surface area contributed by atoms with Crippen LogP contribution in [0, 0.1) is 5.41 Å². The third-order valence-corrected chi connectivity index (χ3v) is 1.51. The van der Waals surface area contributed by atoms with Gasteiger partial charge in [0.2, 0.25) is 0 Å². The maximum absolute atomic E-state index is 12.1. The molecule has 0 radical (unpaired) electrons. The van der Waals surface area contributed by atoms with Crippen molar-refractivity contribution >= 4 is 6.21 Å². The molecule has 0 amide bonds. The first-order valence-corrected chi connectivity index (χ1v) is 3.36. The van der Waals surface area contributed by atoms with Gasteiger partial charge in [-0.3, -0.25) is 0 Å². The molecule has 2 nitrogen and oxygen atoms in total. The summed E-state index contributed by atoms with van der Waals surface area (Å²) in [4.78, 5) is 0. The molecule has 5 heteroatoms. The van der Waals surface area contributed by atoms with E-state index < -0.39 is 11.7 Å². The quantitative estimate of drug-likeness (QED) is 0.654. The molecule has 0 aliphatic rings. The number of hydrogen-bond donors (Lipinski definition) is 2. The van der Waals surface area contributed by atoms with Crippen molar-refractivity contribution in [2.75, 3.05) is 0 Å². The van der Waals surface area contributed by atoms with E-state index in [0.29, 0.717) is 6.21 Å². The van der Waals surface area contributed by atoms with Crippen LogP contribution in [0.4, 0.5) is 13.2 Å². The number of rotatable bonds is 1. The van der Waals surface area contributed by atoms with E-state index in [1.807, 2.05) is 0 Å². The molecule has 0 aliphatic carbocycles. The van der Waals surface area contributed by atoms with E-state index in [1.165, 1.54) is 0 Å². The van der Waals surface area contributed by atoms with Crippen LogP contribution in [-0.4, -0.2) is 11.3 Å². The molecule has 0 unspecified atom stereocenters. The monoisotopic (exact) mass is 189 g/mol. The van der Waals surface area contributed by atoms with Crippen LogP contribution in [0.15, 0.2) is 18.2 Å². The number of benzene rings is 1. The highest BCUT2D eigenvalue weighted by Gasteiger charge is 2.30. The Balaban J connectivity index is 3.21. The molecule has 70 valence electrons. The van der Waals surface area contributed by atoms with Crippen LogP contribution in [0.5, 0.6) is 5.75 Å². The normalized spacial score (nSPS) is 11.3. The Kier molecular flexibility index (Phi) is 2.27. The lowest BCUT2D eigenvalue weighted by molar-refractivity contribution is -0.137. The lowest BCUT2D eigenvalue weighted by atomic mass is 10.1. The molecule has 0 spiro atoms. The van der Waals surface area contributed by atoms with Crippen LogP contribution in [0.1, 0.15) is 11.1 Å². The highest BCUT2D eigenvalue weighted by atomic mass is 19.4. The summed E-state index contributed by atoms with van der Waals surface area (Å²) in [6.45, 7) is 0. The van der Waals surface area contributed by atoms with Crippen molar-refractivity contribution < 1.29 is 18.3 Å². The van der Waals surface area contributed by atoms with E-state index in [4.69, 9.17) is 10.5 Å². The third kappa shape index (κ3) is 1.99. The Morgan fingerprint density at radius 3 is 2.38 bits per heavy atom.